The highest BCUT2D eigenvalue weighted by Gasteiger charge is 2.20. The predicted octanol–water partition coefficient (Wildman–Crippen LogP) is 5.72. The smallest absolute Gasteiger partial charge is 0.0432 e. The van der Waals surface area contributed by atoms with Gasteiger partial charge in [-0.05, 0) is 37.5 Å². The minimum absolute atomic E-state index is 0.686. The third-order valence-electron chi connectivity index (χ3n) is 4.83. The third-order valence-corrected chi connectivity index (χ3v) is 4.83. The zero-order valence-electron chi connectivity index (χ0n) is 13.7. The van der Waals surface area contributed by atoms with E-state index in [2.05, 4.69) is 66.4 Å². The summed E-state index contributed by atoms with van der Waals surface area (Å²) in [5.74, 6) is 0. The molecule has 1 aliphatic rings. The topological polar surface area (TPSA) is 3.24 Å². The number of nitrogens with zero attached hydrogens (tertiary/aromatic N) is 1. The van der Waals surface area contributed by atoms with Crippen LogP contribution in [0.4, 0.5) is 5.69 Å². The predicted molar refractivity (Wildman–Crippen MR) is 95.3 cm³/mol. The van der Waals surface area contributed by atoms with Gasteiger partial charge in [-0.1, -0.05) is 73.7 Å². The summed E-state index contributed by atoms with van der Waals surface area (Å²) in [6.07, 6.45) is 8.23. The maximum Gasteiger partial charge on any atom is 0.0432 e. The molecular formula is C21H27N. The van der Waals surface area contributed by atoms with Crippen molar-refractivity contribution >= 4 is 5.69 Å². The second kappa shape index (κ2) is 7.49. The lowest BCUT2D eigenvalue weighted by molar-refractivity contribution is 0.523. The molecule has 2 aromatic rings. The molecule has 1 fully saturated rings. The molecule has 0 amide bonds. The summed E-state index contributed by atoms with van der Waals surface area (Å²) < 4.78 is 0. The largest absolute Gasteiger partial charge is 0.364 e. The summed E-state index contributed by atoms with van der Waals surface area (Å²) >= 11 is 0. The Labute approximate surface area is 135 Å². The first-order valence-electron chi connectivity index (χ1n) is 8.70. The van der Waals surface area contributed by atoms with Crippen LogP contribution < -0.4 is 4.90 Å². The molecule has 0 saturated heterocycles. The van der Waals surface area contributed by atoms with E-state index in [0.29, 0.717) is 6.04 Å². The molecule has 1 heteroatoms. The van der Waals surface area contributed by atoms with Gasteiger partial charge in [0.05, 0.1) is 0 Å². The molecule has 0 bridgehead atoms. The van der Waals surface area contributed by atoms with Gasteiger partial charge in [0.15, 0.2) is 0 Å². The molecule has 116 valence electrons. The molecule has 1 saturated carbocycles. The van der Waals surface area contributed by atoms with E-state index >= 15 is 0 Å². The molecule has 0 N–H and O–H groups in total. The molecule has 0 aromatic heterocycles. The van der Waals surface area contributed by atoms with Crippen molar-refractivity contribution in [2.75, 3.05) is 4.90 Å². The molecule has 22 heavy (non-hydrogen) atoms. The first kappa shape index (κ1) is 15.1. The first-order valence-corrected chi connectivity index (χ1v) is 8.70. The molecule has 0 aliphatic heterocycles. The molecule has 0 heterocycles. The number of hydrogen-bond acceptors (Lipinski definition) is 1. The van der Waals surface area contributed by atoms with Crippen LogP contribution in [-0.4, -0.2) is 6.04 Å². The van der Waals surface area contributed by atoms with E-state index in [-0.39, 0.29) is 0 Å². The standard InChI is InChI=1S/C21H27N/c1-18-13-15-21(16-14-18)22(17-19-9-5-4-6-10-19)20-11-7-2-3-8-12-20/h4-6,9-10,13-16,20H,2-3,7-8,11-12,17H2,1H3. The average molecular weight is 293 g/mol. The van der Waals surface area contributed by atoms with Crippen molar-refractivity contribution in [1.29, 1.82) is 0 Å². The second-order valence-electron chi connectivity index (χ2n) is 6.59. The van der Waals surface area contributed by atoms with E-state index in [1.165, 1.54) is 55.3 Å². The van der Waals surface area contributed by atoms with E-state index < -0.39 is 0 Å². The van der Waals surface area contributed by atoms with Gasteiger partial charge in [0.1, 0.15) is 0 Å². The molecule has 1 nitrogen and oxygen atoms in total. The lowest BCUT2D eigenvalue weighted by atomic mass is 10.0. The normalized spacial score (nSPS) is 16.2. The SMILES string of the molecule is Cc1ccc(N(Cc2ccccc2)C2CCCCCC2)cc1. The van der Waals surface area contributed by atoms with Crippen LogP contribution in [0.2, 0.25) is 0 Å². The highest BCUT2D eigenvalue weighted by atomic mass is 15.2. The molecular weight excluding hydrogens is 266 g/mol. The number of hydrogen-bond donors (Lipinski definition) is 0. The van der Waals surface area contributed by atoms with E-state index in [9.17, 15) is 0 Å². The monoisotopic (exact) mass is 293 g/mol. The molecule has 2 aromatic carbocycles. The Morgan fingerprint density at radius 2 is 1.45 bits per heavy atom. The lowest BCUT2D eigenvalue weighted by Gasteiger charge is -2.33. The summed E-state index contributed by atoms with van der Waals surface area (Å²) in [7, 11) is 0. The van der Waals surface area contributed by atoms with Gasteiger partial charge in [-0.15, -0.1) is 0 Å². The van der Waals surface area contributed by atoms with Gasteiger partial charge in [0.25, 0.3) is 0 Å². The van der Waals surface area contributed by atoms with Crippen molar-refractivity contribution < 1.29 is 0 Å². The third kappa shape index (κ3) is 3.91. The van der Waals surface area contributed by atoms with Crippen LogP contribution in [0.25, 0.3) is 0 Å². The van der Waals surface area contributed by atoms with Crippen molar-refractivity contribution in [2.45, 2.75) is 58.0 Å². The molecule has 0 spiro atoms. The summed E-state index contributed by atoms with van der Waals surface area (Å²) in [4.78, 5) is 2.64. The van der Waals surface area contributed by atoms with E-state index in [0.717, 1.165) is 6.54 Å². The van der Waals surface area contributed by atoms with E-state index in [4.69, 9.17) is 0 Å². The number of anilines is 1. The fraction of sp³-hybridized carbons (Fsp3) is 0.429. The Bertz CT molecular complexity index is 550. The molecule has 3 rings (SSSR count). The number of benzene rings is 2. The molecule has 0 unspecified atom stereocenters. The van der Waals surface area contributed by atoms with Crippen molar-refractivity contribution in [3.05, 3.63) is 65.7 Å². The fourth-order valence-corrected chi connectivity index (χ4v) is 3.52. The van der Waals surface area contributed by atoms with Crippen LogP contribution >= 0.6 is 0 Å². The summed E-state index contributed by atoms with van der Waals surface area (Å²) in [5.41, 5.74) is 4.12. The minimum atomic E-state index is 0.686. The molecule has 0 radical (unpaired) electrons. The van der Waals surface area contributed by atoms with Crippen LogP contribution in [0.15, 0.2) is 54.6 Å². The van der Waals surface area contributed by atoms with Gasteiger partial charge in [0.2, 0.25) is 0 Å². The van der Waals surface area contributed by atoms with Gasteiger partial charge < -0.3 is 4.90 Å². The average Bonchev–Trinajstić information content (AvgIpc) is 2.84. The van der Waals surface area contributed by atoms with Crippen LogP contribution in [0, 0.1) is 6.92 Å². The fourth-order valence-electron chi connectivity index (χ4n) is 3.52. The Morgan fingerprint density at radius 1 is 0.818 bits per heavy atom. The Morgan fingerprint density at radius 3 is 2.09 bits per heavy atom. The summed E-state index contributed by atoms with van der Waals surface area (Å²) in [6.45, 7) is 3.19. The Kier molecular flexibility index (Phi) is 5.15. The van der Waals surface area contributed by atoms with Gasteiger partial charge in [-0.2, -0.15) is 0 Å². The van der Waals surface area contributed by atoms with Gasteiger partial charge in [-0.3, -0.25) is 0 Å². The highest BCUT2D eigenvalue weighted by molar-refractivity contribution is 5.49. The maximum atomic E-state index is 2.64. The quantitative estimate of drug-likeness (QED) is 0.651. The van der Waals surface area contributed by atoms with Gasteiger partial charge in [0, 0.05) is 18.3 Å². The Hall–Kier alpha value is -1.76. The van der Waals surface area contributed by atoms with Crippen LogP contribution in [0.1, 0.15) is 49.7 Å². The van der Waals surface area contributed by atoms with Crippen LogP contribution in [0.5, 0.6) is 0 Å². The van der Waals surface area contributed by atoms with Crippen molar-refractivity contribution in [1.82, 2.24) is 0 Å². The van der Waals surface area contributed by atoms with Gasteiger partial charge in [-0.25, -0.2) is 0 Å². The maximum absolute atomic E-state index is 2.64. The molecule has 1 aliphatic carbocycles. The first-order chi connectivity index (χ1) is 10.8. The van der Waals surface area contributed by atoms with Gasteiger partial charge >= 0.3 is 0 Å². The van der Waals surface area contributed by atoms with E-state index in [1.54, 1.807) is 0 Å². The second-order valence-corrected chi connectivity index (χ2v) is 6.59. The Balaban J connectivity index is 1.85. The summed E-state index contributed by atoms with van der Waals surface area (Å²) in [5, 5.41) is 0. The summed E-state index contributed by atoms with van der Waals surface area (Å²) in [6, 6.07) is 20.7. The highest BCUT2D eigenvalue weighted by Crippen LogP contribution is 2.28. The minimum Gasteiger partial charge on any atom is -0.364 e. The van der Waals surface area contributed by atoms with Crippen molar-refractivity contribution in [3.8, 4) is 0 Å². The van der Waals surface area contributed by atoms with E-state index in [1.807, 2.05) is 0 Å². The zero-order valence-corrected chi connectivity index (χ0v) is 13.7. The lowest BCUT2D eigenvalue weighted by Crippen LogP contribution is -2.34. The van der Waals surface area contributed by atoms with Crippen LogP contribution in [-0.2, 0) is 6.54 Å². The van der Waals surface area contributed by atoms with Crippen molar-refractivity contribution in [3.63, 3.8) is 0 Å². The van der Waals surface area contributed by atoms with Crippen LogP contribution in [0.3, 0.4) is 0 Å². The zero-order chi connectivity index (χ0) is 15.2. The number of rotatable bonds is 4. The van der Waals surface area contributed by atoms with Crippen molar-refractivity contribution in [2.24, 2.45) is 0 Å². The number of aryl methyl sites for hydroxylation is 1. The molecule has 0 atom stereocenters.